The molecule has 6 nitrogen and oxygen atoms in total. The number of hydrogen-bond donors (Lipinski definition) is 1. The van der Waals surface area contributed by atoms with E-state index in [4.69, 9.17) is 14.2 Å². The molecule has 1 amide bonds. The third-order valence-electron chi connectivity index (χ3n) is 3.02. The maximum absolute atomic E-state index is 11.9. The maximum Gasteiger partial charge on any atom is 0.408 e. The quantitative estimate of drug-likeness (QED) is 0.739. The van der Waals surface area contributed by atoms with Crippen molar-refractivity contribution in [1.82, 2.24) is 5.32 Å². The number of halogens is 1. The van der Waals surface area contributed by atoms with Crippen LogP contribution in [-0.4, -0.2) is 36.9 Å². The van der Waals surface area contributed by atoms with Crippen LogP contribution in [0.15, 0.2) is 28.7 Å². The number of benzene rings is 1. The highest BCUT2D eigenvalue weighted by Gasteiger charge is 2.30. The standard InChI is InChI=1S/C17H24BrNO5/c1-11(23-10-12-6-8-13(18)9-7-12)14(15(20)22-5)19-16(21)24-17(2,3)4/h6-9,11,14H,10H2,1-5H3,(H,19,21)/t11-,14-/m1/s1. The highest BCUT2D eigenvalue weighted by molar-refractivity contribution is 9.10. The van der Waals surface area contributed by atoms with Crippen LogP contribution in [0.25, 0.3) is 0 Å². The van der Waals surface area contributed by atoms with Crippen LogP contribution in [0.2, 0.25) is 0 Å². The Morgan fingerprint density at radius 2 is 1.79 bits per heavy atom. The van der Waals surface area contributed by atoms with E-state index in [2.05, 4.69) is 21.2 Å². The average molecular weight is 402 g/mol. The second-order valence-electron chi connectivity index (χ2n) is 6.29. The first-order valence-corrected chi connectivity index (χ1v) is 8.35. The minimum atomic E-state index is -0.958. The van der Waals surface area contributed by atoms with Gasteiger partial charge in [-0.05, 0) is 45.4 Å². The fourth-order valence-corrected chi connectivity index (χ4v) is 2.10. The molecule has 24 heavy (non-hydrogen) atoms. The lowest BCUT2D eigenvalue weighted by Gasteiger charge is -2.26. The van der Waals surface area contributed by atoms with Crippen molar-refractivity contribution in [3.05, 3.63) is 34.3 Å². The first-order valence-electron chi connectivity index (χ1n) is 7.56. The second-order valence-corrected chi connectivity index (χ2v) is 7.21. The van der Waals surface area contributed by atoms with Gasteiger partial charge in [-0.1, -0.05) is 28.1 Å². The van der Waals surface area contributed by atoms with Gasteiger partial charge in [-0.3, -0.25) is 0 Å². The maximum atomic E-state index is 11.9. The van der Waals surface area contributed by atoms with Crippen LogP contribution in [0, 0.1) is 0 Å². The molecule has 1 rings (SSSR count). The van der Waals surface area contributed by atoms with Gasteiger partial charge in [0.2, 0.25) is 0 Å². The Labute approximate surface area is 151 Å². The average Bonchev–Trinajstić information content (AvgIpc) is 2.49. The normalized spacial score (nSPS) is 13.8. The van der Waals surface area contributed by atoms with Crippen molar-refractivity contribution < 1.29 is 23.8 Å². The van der Waals surface area contributed by atoms with Gasteiger partial charge in [0.15, 0.2) is 6.04 Å². The summed E-state index contributed by atoms with van der Waals surface area (Å²) in [6.45, 7) is 7.23. The molecule has 1 aromatic rings. The van der Waals surface area contributed by atoms with E-state index in [1.807, 2.05) is 24.3 Å². The van der Waals surface area contributed by atoms with Gasteiger partial charge in [0.05, 0.1) is 19.8 Å². The summed E-state index contributed by atoms with van der Waals surface area (Å²) in [6.07, 6.45) is -1.29. The van der Waals surface area contributed by atoms with E-state index in [1.54, 1.807) is 27.7 Å². The predicted molar refractivity (Wildman–Crippen MR) is 93.6 cm³/mol. The van der Waals surface area contributed by atoms with Crippen LogP contribution in [0.1, 0.15) is 33.3 Å². The summed E-state index contributed by atoms with van der Waals surface area (Å²) >= 11 is 3.36. The number of nitrogens with one attached hydrogen (secondary N) is 1. The summed E-state index contributed by atoms with van der Waals surface area (Å²) in [4.78, 5) is 23.8. The highest BCUT2D eigenvalue weighted by atomic mass is 79.9. The Morgan fingerprint density at radius 1 is 1.21 bits per heavy atom. The summed E-state index contributed by atoms with van der Waals surface area (Å²) < 4.78 is 16.6. The summed E-state index contributed by atoms with van der Waals surface area (Å²) in [5, 5.41) is 2.50. The van der Waals surface area contributed by atoms with Gasteiger partial charge in [-0.2, -0.15) is 0 Å². The van der Waals surface area contributed by atoms with E-state index in [1.165, 1.54) is 7.11 Å². The fourth-order valence-electron chi connectivity index (χ4n) is 1.83. The van der Waals surface area contributed by atoms with E-state index in [0.29, 0.717) is 6.61 Å². The number of hydrogen-bond acceptors (Lipinski definition) is 5. The van der Waals surface area contributed by atoms with Gasteiger partial charge in [-0.15, -0.1) is 0 Å². The van der Waals surface area contributed by atoms with Gasteiger partial charge in [-0.25, -0.2) is 9.59 Å². The van der Waals surface area contributed by atoms with Gasteiger partial charge in [0.1, 0.15) is 5.60 Å². The number of carbonyl (C=O) groups excluding carboxylic acids is 2. The van der Waals surface area contributed by atoms with E-state index in [-0.39, 0.29) is 0 Å². The smallest absolute Gasteiger partial charge is 0.408 e. The molecular formula is C17H24BrNO5. The Bertz CT molecular complexity index is 553. The number of alkyl carbamates (subject to hydrolysis) is 1. The monoisotopic (exact) mass is 401 g/mol. The van der Waals surface area contributed by atoms with Crippen molar-refractivity contribution in [1.29, 1.82) is 0 Å². The zero-order valence-corrected chi connectivity index (χ0v) is 16.2. The van der Waals surface area contributed by atoms with E-state index in [0.717, 1.165) is 10.0 Å². The minimum Gasteiger partial charge on any atom is -0.467 e. The van der Waals surface area contributed by atoms with Gasteiger partial charge >= 0.3 is 12.1 Å². The molecule has 1 N–H and O–H groups in total. The van der Waals surface area contributed by atoms with Crippen molar-refractivity contribution in [2.45, 2.75) is 52.0 Å². The molecule has 0 fully saturated rings. The van der Waals surface area contributed by atoms with E-state index >= 15 is 0 Å². The molecule has 0 aliphatic heterocycles. The van der Waals surface area contributed by atoms with Gasteiger partial charge < -0.3 is 19.5 Å². The Kier molecular flexibility index (Phi) is 7.69. The number of amides is 1. The lowest BCUT2D eigenvalue weighted by molar-refractivity contribution is -0.147. The molecule has 2 atom stereocenters. The molecule has 0 bridgehead atoms. The molecular weight excluding hydrogens is 378 g/mol. The first-order chi connectivity index (χ1) is 11.1. The molecule has 0 aromatic heterocycles. The molecule has 134 valence electrons. The van der Waals surface area contributed by atoms with Crippen LogP contribution in [-0.2, 0) is 25.6 Å². The van der Waals surface area contributed by atoms with Crippen molar-refractivity contribution in [3.63, 3.8) is 0 Å². The van der Waals surface area contributed by atoms with Crippen LogP contribution in [0.4, 0.5) is 4.79 Å². The molecule has 0 saturated heterocycles. The summed E-state index contributed by atoms with van der Waals surface area (Å²) in [5.74, 6) is -0.593. The molecule has 0 radical (unpaired) electrons. The van der Waals surface area contributed by atoms with Crippen LogP contribution in [0.3, 0.4) is 0 Å². The molecule has 1 aromatic carbocycles. The van der Waals surface area contributed by atoms with Crippen LogP contribution < -0.4 is 5.32 Å². The Hall–Kier alpha value is -1.60. The van der Waals surface area contributed by atoms with Gasteiger partial charge in [0, 0.05) is 4.47 Å². The molecule has 7 heteroatoms. The van der Waals surface area contributed by atoms with Crippen molar-refractivity contribution >= 4 is 28.0 Å². The summed E-state index contributed by atoms with van der Waals surface area (Å²) in [5.41, 5.74) is 0.289. The van der Waals surface area contributed by atoms with E-state index in [9.17, 15) is 9.59 Å². The van der Waals surface area contributed by atoms with Crippen LogP contribution >= 0.6 is 15.9 Å². The summed E-state index contributed by atoms with van der Waals surface area (Å²) in [7, 11) is 1.26. The minimum absolute atomic E-state index is 0.304. The predicted octanol–water partition coefficient (Wildman–Crippen LogP) is 3.42. The number of ether oxygens (including phenoxy) is 3. The zero-order chi connectivity index (χ0) is 18.3. The first kappa shape index (κ1) is 20.4. The molecule has 0 aliphatic rings. The number of rotatable bonds is 6. The third kappa shape index (κ3) is 7.31. The van der Waals surface area contributed by atoms with Crippen molar-refractivity contribution in [2.24, 2.45) is 0 Å². The number of esters is 1. The van der Waals surface area contributed by atoms with Crippen molar-refractivity contribution in [2.75, 3.05) is 7.11 Å². The van der Waals surface area contributed by atoms with Crippen LogP contribution in [0.5, 0.6) is 0 Å². The molecule has 0 saturated carbocycles. The van der Waals surface area contributed by atoms with Gasteiger partial charge in [0.25, 0.3) is 0 Å². The lowest BCUT2D eigenvalue weighted by Crippen LogP contribution is -2.50. The Morgan fingerprint density at radius 3 is 2.29 bits per heavy atom. The molecule has 0 heterocycles. The lowest BCUT2D eigenvalue weighted by atomic mass is 10.1. The Balaban J connectivity index is 2.67. The number of carbonyl (C=O) groups is 2. The topological polar surface area (TPSA) is 73.9 Å². The number of methoxy groups -OCH3 is 1. The molecule has 0 spiro atoms. The summed E-state index contributed by atoms with van der Waals surface area (Å²) in [6, 6.07) is 6.66. The van der Waals surface area contributed by atoms with E-state index < -0.39 is 29.8 Å². The fraction of sp³-hybridized carbons (Fsp3) is 0.529. The largest absolute Gasteiger partial charge is 0.467 e. The zero-order valence-electron chi connectivity index (χ0n) is 14.6. The third-order valence-corrected chi connectivity index (χ3v) is 3.55. The van der Waals surface area contributed by atoms with Crippen molar-refractivity contribution in [3.8, 4) is 0 Å². The molecule has 0 aliphatic carbocycles. The molecule has 0 unspecified atom stereocenters. The highest BCUT2D eigenvalue weighted by Crippen LogP contribution is 2.13. The second kappa shape index (κ2) is 9.03. The SMILES string of the molecule is COC(=O)[C@H](NC(=O)OC(C)(C)C)[C@@H](C)OCc1ccc(Br)cc1.